The molecule has 0 aliphatic heterocycles. The molecule has 0 unspecified atom stereocenters. The third-order valence-electron chi connectivity index (χ3n) is 3.33. The summed E-state index contributed by atoms with van der Waals surface area (Å²) in [5.41, 5.74) is 9.90. The van der Waals surface area contributed by atoms with Gasteiger partial charge in [-0.3, -0.25) is 4.98 Å². The second kappa shape index (κ2) is 4.79. The maximum absolute atomic E-state index is 5.60. The first kappa shape index (κ1) is 12.4. The fourth-order valence-electron chi connectivity index (χ4n) is 2.25. The predicted octanol–water partition coefficient (Wildman–Crippen LogP) is 3.46. The van der Waals surface area contributed by atoms with Crippen molar-refractivity contribution in [2.45, 2.75) is 6.54 Å². The molecule has 0 radical (unpaired) electrons. The first-order valence-corrected chi connectivity index (χ1v) is 6.88. The molecule has 0 atom stereocenters. The van der Waals surface area contributed by atoms with Crippen molar-refractivity contribution in [1.82, 2.24) is 9.55 Å². The Morgan fingerprint density at radius 1 is 1.21 bits per heavy atom. The highest BCUT2D eigenvalue weighted by Crippen LogP contribution is 2.28. The summed E-state index contributed by atoms with van der Waals surface area (Å²) < 4.78 is 3.24. The Morgan fingerprint density at radius 2 is 2.05 bits per heavy atom. The van der Waals surface area contributed by atoms with E-state index in [4.69, 9.17) is 5.73 Å². The second-order valence-corrected chi connectivity index (χ2v) is 5.46. The van der Waals surface area contributed by atoms with Crippen LogP contribution in [0.4, 0.5) is 0 Å². The zero-order valence-electron chi connectivity index (χ0n) is 10.6. The van der Waals surface area contributed by atoms with Gasteiger partial charge >= 0.3 is 0 Å². The van der Waals surface area contributed by atoms with Crippen LogP contribution in [0.3, 0.4) is 0 Å². The molecule has 3 aromatic rings. The molecule has 0 spiro atoms. The summed E-state index contributed by atoms with van der Waals surface area (Å²) in [5, 5.41) is 1.21. The number of aryl methyl sites for hydroxylation is 1. The molecule has 0 saturated heterocycles. The number of halogens is 1. The molecule has 0 aliphatic carbocycles. The van der Waals surface area contributed by atoms with Crippen LogP contribution in [0.5, 0.6) is 0 Å². The van der Waals surface area contributed by atoms with Crippen molar-refractivity contribution >= 4 is 26.8 Å². The van der Waals surface area contributed by atoms with Crippen molar-refractivity contribution in [2.75, 3.05) is 0 Å². The molecule has 1 aromatic carbocycles. The molecule has 2 aromatic heterocycles. The van der Waals surface area contributed by atoms with Gasteiger partial charge in [0, 0.05) is 35.2 Å². The fraction of sp³-hybridized carbons (Fsp3) is 0.133. The van der Waals surface area contributed by atoms with Crippen LogP contribution in [0.25, 0.3) is 22.3 Å². The minimum Gasteiger partial charge on any atom is -0.342 e. The lowest BCUT2D eigenvalue weighted by molar-refractivity contribution is 0.966. The number of hydrogen-bond acceptors (Lipinski definition) is 2. The van der Waals surface area contributed by atoms with Gasteiger partial charge in [0.1, 0.15) is 0 Å². The minimum absolute atomic E-state index is 0.523. The molecule has 0 aliphatic rings. The van der Waals surface area contributed by atoms with E-state index in [0.29, 0.717) is 6.54 Å². The molecule has 3 rings (SSSR count). The molecule has 0 amide bonds. The number of aromatic nitrogens is 2. The number of fused-ring (bicyclic) bond motifs is 1. The molecule has 2 N–H and O–H groups in total. The molecule has 3 nitrogen and oxygen atoms in total. The Bertz CT molecular complexity index is 729. The molecule has 0 bridgehead atoms. The summed E-state index contributed by atoms with van der Waals surface area (Å²) >= 11 is 3.51. The summed E-state index contributed by atoms with van der Waals surface area (Å²) in [6, 6.07) is 12.5. The van der Waals surface area contributed by atoms with Crippen molar-refractivity contribution in [1.29, 1.82) is 0 Å². The van der Waals surface area contributed by atoms with Gasteiger partial charge in [0.25, 0.3) is 0 Å². The average Bonchev–Trinajstić information content (AvgIpc) is 2.76. The highest BCUT2D eigenvalue weighted by atomic mass is 79.9. The Labute approximate surface area is 120 Å². The van der Waals surface area contributed by atoms with Gasteiger partial charge in [0.05, 0.1) is 11.4 Å². The summed E-state index contributed by atoms with van der Waals surface area (Å²) in [7, 11) is 2.06. The van der Waals surface area contributed by atoms with Gasteiger partial charge in [0.2, 0.25) is 0 Å². The van der Waals surface area contributed by atoms with E-state index in [2.05, 4.69) is 56.8 Å². The monoisotopic (exact) mass is 315 g/mol. The zero-order valence-corrected chi connectivity index (χ0v) is 12.2. The summed E-state index contributed by atoms with van der Waals surface area (Å²) in [4.78, 5) is 4.49. The van der Waals surface area contributed by atoms with Crippen LogP contribution in [-0.2, 0) is 13.6 Å². The maximum atomic E-state index is 5.60. The van der Waals surface area contributed by atoms with Crippen LogP contribution in [0.1, 0.15) is 5.56 Å². The molecular weight excluding hydrogens is 302 g/mol. The van der Waals surface area contributed by atoms with E-state index in [-0.39, 0.29) is 0 Å². The molecular formula is C15H14BrN3. The van der Waals surface area contributed by atoms with Gasteiger partial charge in [-0.05, 0) is 29.8 Å². The SMILES string of the molecule is Cn1c(-c2ccc(CN)cn2)cc2ccc(Br)cc21. The summed E-state index contributed by atoms with van der Waals surface area (Å²) in [6.45, 7) is 0.523. The lowest BCUT2D eigenvalue weighted by Crippen LogP contribution is -1.98. The molecule has 96 valence electrons. The fourth-order valence-corrected chi connectivity index (χ4v) is 2.59. The molecule has 0 fully saturated rings. The van der Waals surface area contributed by atoms with E-state index in [0.717, 1.165) is 21.4 Å². The van der Waals surface area contributed by atoms with Crippen LogP contribution in [0.15, 0.2) is 47.1 Å². The van der Waals surface area contributed by atoms with Gasteiger partial charge < -0.3 is 10.3 Å². The number of benzene rings is 1. The summed E-state index contributed by atoms with van der Waals surface area (Å²) in [6.07, 6.45) is 1.84. The van der Waals surface area contributed by atoms with Crippen molar-refractivity contribution in [3.8, 4) is 11.4 Å². The van der Waals surface area contributed by atoms with Crippen molar-refractivity contribution in [3.05, 3.63) is 52.6 Å². The van der Waals surface area contributed by atoms with E-state index < -0.39 is 0 Å². The lowest BCUT2D eigenvalue weighted by Gasteiger charge is -2.04. The topological polar surface area (TPSA) is 43.8 Å². The zero-order chi connectivity index (χ0) is 13.4. The van der Waals surface area contributed by atoms with E-state index in [9.17, 15) is 0 Å². The Morgan fingerprint density at radius 3 is 2.74 bits per heavy atom. The Hall–Kier alpha value is -1.65. The number of nitrogens with zero attached hydrogens (tertiary/aromatic N) is 2. The van der Waals surface area contributed by atoms with Gasteiger partial charge in [-0.1, -0.05) is 28.1 Å². The first-order valence-electron chi connectivity index (χ1n) is 6.09. The minimum atomic E-state index is 0.523. The molecule has 0 saturated carbocycles. The summed E-state index contributed by atoms with van der Waals surface area (Å²) in [5.74, 6) is 0. The standard InChI is InChI=1S/C15H14BrN3/c1-19-14-7-12(16)4-3-11(14)6-15(19)13-5-2-10(8-17)9-18-13/h2-7,9H,8,17H2,1H3. The van der Waals surface area contributed by atoms with E-state index >= 15 is 0 Å². The predicted molar refractivity (Wildman–Crippen MR) is 81.7 cm³/mol. The van der Waals surface area contributed by atoms with Crippen molar-refractivity contribution in [2.24, 2.45) is 12.8 Å². The maximum Gasteiger partial charge on any atom is 0.0866 e. The largest absolute Gasteiger partial charge is 0.342 e. The van der Waals surface area contributed by atoms with E-state index in [1.807, 2.05) is 18.3 Å². The molecule has 19 heavy (non-hydrogen) atoms. The number of rotatable bonds is 2. The number of pyridine rings is 1. The van der Waals surface area contributed by atoms with Crippen LogP contribution in [0, 0.1) is 0 Å². The van der Waals surface area contributed by atoms with Gasteiger partial charge in [-0.25, -0.2) is 0 Å². The first-order chi connectivity index (χ1) is 9.19. The van der Waals surface area contributed by atoms with Crippen molar-refractivity contribution < 1.29 is 0 Å². The Kier molecular flexibility index (Phi) is 3.12. The van der Waals surface area contributed by atoms with Crippen LogP contribution >= 0.6 is 15.9 Å². The highest BCUT2D eigenvalue weighted by molar-refractivity contribution is 9.10. The number of hydrogen-bond donors (Lipinski definition) is 1. The second-order valence-electron chi connectivity index (χ2n) is 4.55. The number of nitrogens with two attached hydrogens (primary N) is 1. The molecule has 2 heterocycles. The highest BCUT2D eigenvalue weighted by Gasteiger charge is 2.09. The van der Waals surface area contributed by atoms with Gasteiger partial charge in [-0.15, -0.1) is 0 Å². The Balaban J connectivity index is 2.16. The normalized spacial score (nSPS) is 11.1. The van der Waals surface area contributed by atoms with Crippen molar-refractivity contribution in [3.63, 3.8) is 0 Å². The van der Waals surface area contributed by atoms with E-state index in [1.54, 1.807) is 0 Å². The quantitative estimate of drug-likeness (QED) is 0.787. The third kappa shape index (κ3) is 2.17. The van der Waals surface area contributed by atoms with Crippen LogP contribution < -0.4 is 5.73 Å². The van der Waals surface area contributed by atoms with Crippen LogP contribution in [-0.4, -0.2) is 9.55 Å². The smallest absolute Gasteiger partial charge is 0.0866 e. The van der Waals surface area contributed by atoms with E-state index in [1.165, 1.54) is 10.9 Å². The van der Waals surface area contributed by atoms with Gasteiger partial charge in [-0.2, -0.15) is 0 Å². The lowest BCUT2D eigenvalue weighted by atomic mass is 10.2. The average molecular weight is 316 g/mol. The third-order valence-corrected chi connectivity index (χ3v) is 3.82. The van der Waals surface area contributed by atoms with Gasteiger partial charge in [0.15, 0.2) is 0 Å². The molecule has 4 heteroatoms. The van der Waals surface area contributed by atoms with Crippen LogP contribution in [0.2, 0.25) is 0 Å².